The standard InChI is InChI=1S/C11H13BrOS/c1-7-6-10(4-5-11(7)12)14-9(3)8(2)13/h4-6,9H,1-3H3. The van der Waals surface area contributed by atoms with Crippen LogP contribution in [0.3, 0.4) is 0 Å². The SMILES string of the molecule is CC(=O)C(C)Sc1ccc(Br)c(C)c1. The lowest BCUT2D eigenvalue weighted by Crippen LogP contribution is -2.07. The van der Waals surface area contributed by atoms with Crippen LogP contribution in [0.1, 0.15) is 19.4 Å². The number of carbonyl (C=O) groups is 1. The van der Waals surface area contributed by atoms with Crippen molar-refractivity contribution in [1.29, 1.82) is 0 Å². The number of Topliss-reactive ketones (excluding diaryl/α,β-unsaturated/α-hetero) is 1. The first-order valence-corrected chi connectivity index (χ1v) is 6.11. The third-order valence-corrected chi connectivity index (χ3v) is 4.12. The molecule has 0 spiro atoms. The van der Waals surface area contributed by atoms with Crippen LogP contribution < -0.4 is 0 Å². The van der Waals surface area contributed by atoms with Gasteiger partial charge < -0.3 is 0 Å². The summed E-state index contributed by atoms with van der Waals surface area (Å²) in [5.41, 5.74) is 1.20. The molecule has 0 aliphatic heterocycles. The van der Waals surface area contributed by atoms with Gasteiger partial charge in [0.15, 0.2) is 0 Å². The maximum absolute atomic E-state index is 11.1. The number of halogens is 1. The molecule has 1 atom stereocenters. The van der Waals surface area contributed by atoms with Crippen LogP contribution in [0.5, 0.6) is 0 Å². The van der Waals surface area contributed by atoms with Crippen LogP contribution >= 0.6 is 27.7 Å². The van der Waals surface area contributed by atoms with Crippen LogP contribution in [0, 0.1) is 6.92 Å². The lowest BCUT2D eigenvalue weighted by atomic mass is 10.2. The molecule has 14 heavy (non-hydrogen) atoms. The van der Waals surface area contributed by atoms with Crippen LogP contribution in [-0.2, 0) is 4.79 Å². The number of aryl methyl sites for hydroxylation is 1. The van der Waals surface area contributed by atoms with Crippen LogP contribution in [0.4, 0.5) is 0 Å². The molecule has 3 heteroatoms. The van der Waals surface area contributed by atoms with Crippen molar-refractivity contribution >= 4 is 33.5 Å². The molecule has 1 unspecified atom stereocenters. The Morgan fingerprint density at radius 1 is 1.50 bits per heavy atom. The van der Waals surface area contributed by atoms with Crippen LogP contribution in [-0.4, -0.2) is 11.0 Å². The summed E-state index contributed by atoms with van der Waals surface area (Å²) in [6, 6.07) is 6.14. The largest absolute Gasteiger partial charge is 0.299 e. The molecule has 1 aromatic rings. The van der Waals surface area contributed by atoms with Gasteiger partial charge in [0.25, 0.3) is 0 Å². The smallest absolute Gasteiger partial charge is 0.142 e. The Morgan fingerprint density at radius 3 is 2.64 bits per heavy atom. The molecule has 0 aliphatic carbocycles. The molecule has 0 aromatic heterocycles. The fraction of sp³-hybridized carbons (Fsp3) is 0.364. The molecule has 0 radical (unpaired) electrons. The number of ketones is 1. The van der Waals surface area contributed by atoms with Gasteiger partial charge in [0.2, 0.25) is 0 Å². The zero-order chi connectivity index (χ0) is 10.7. The summed E-state index contributed by atoms with van der Waals surface area (Å²) in [6.07, 6.45) is 0. The molecule has 0 aliphatic rings. The average molecular weight is 273 g/mol. The first-order valence-electron chi connectivity index (χ1n) is 4.44. The highest BCUT2D eigenvalue weighted by molar-refractivity contribution is 9.10. The monoisotopic (exact) mass is 272 g/mol. The zero-order valence-electron chi connectivity index (χ0n) is 8.50. The number of thioether (sulfide) groups is 1. The molecule has 76 valence electrons. The van der Waals surface area contributed by atoms with Crippen molar-refractivity contribution in [3.05, 3.63) is 28.2 Å². The van der Waals surface area contributed by atoms with E-state index < -0.39 is 0 Å². The summed E-state index contributed by atoms with van der Waals surface area (Å²) in [6.45, 7) is 5.61. The highest BCUT2D eigenvalue weighted by Gasteiger charge is 2.09. The van der Waals surface area contributed by atoms with Gasteiger partial charge in [-0.2, -0.15) is 0 Å². The van der Waals surface area contributed by atoms with Gasteiger partial charge in [-0.1, -0.05) is 15.9 Å². The Bertz CT molecular complexity index is 349. The normalized spacial score (nSPS) is 12.6. The molecule has 0 heterocycles. The Hall–Kier alpha value is -0.280. The fourth-order valence-corrected chi connectivity index (χ4v) is 2.19. The van der Waals surface area contributed by atoms with Gasteiger partial charge in [0, 0.05) is 9.37 Å². The second kappa shape index (κ2) is 4.99. The van der Waals surface area contributed by atoms with Crippen molar-refractivity contribution in [2.45, 2.75) is 30.9 Å². The van der Waals surface area contributed by atoms with E-state index in [4.69, 9.17) is 0 Å². The van der Waals surface area contributed by atoms with Crippen molar-refractivity contribution in [3.63, 3.8) is 0 Å². The van der Waals surface area contributed by atoms with Crippen molar-refractivity contribution in [3.8, 4) is 0 Å². The molecule has 0 N–H and O–H groups in total. The topological polar surface area (TPSA) is 17.1 Å². The summed E-state index contributed by atoms with van der Waals surface area (Å²) in [4.78, 5) is 12.2. The quantitative estimate of drug-likeness (QED) is 0.778. The van der Waals surface area contributed by atoms with Gasteiger partial charge in [-0.3, -0.25) is 4.79 Å². The number of hydrogen-bond donors (Lipinski definition) is 0. The molecule has 1 aromatic carbocycles. The highest BCUT2D eigenvalue weighted by atomic mass is 79.9. The van der Waals surface area contributed by atoms with E-state index in [2.05, 4.69) is 22.0 Å². The predicted octanol–water partition coefficient (Wildman–Crippen LogP) is 3.83. The van der Waals surface area contributed by atoms with Crippen molar-refractivity contribution in [2.75, 3.05) is 0 Å². The van der Waals surface area contributed by atoms with E-state index in [1.54, 1.807) is 18.7 Å². The minimum atomic E-state index is 0.0376. The minimum absolute atomic E-state index is 0.0376. The molecule has 0 saturated heterocycles. The Labute approximate surface area is 97.4 Å². The maximum Gasteiger partial charge on any atom is 0.142 e. The second-order valence-electron chi connectivity index (χ2n) is 3.28. The first-order chi connectivity index (χ1) is 6.50. The van der Waals surface area contributed by atoms with Gasteiger partial charge in [0.1, 0.15) is 5.78 Å². The van der Waals surface area contributed by atoms with E-state index in [9.17, 15) is 4.79 Å². The third kappa shape index (κ3) is 3.14. The molecule has 1 rings (SSSR count). The fourth-order valence-electron chi connectivity index (χ4n) is 0.978. The molecule has 0 bridgehead atoms. The van der Waals surface area contributed by atoms with E-state index in [0.717, 1.165) is 9.37 Å². The van der Waals surface area contributed by atoms with Gasteiger partial charge in [-0.05, 0) is 44.5 Å². The Balaban J connectivity index is 2.78. The molecule has 0 saturated carbocycles. The molecular formula is C11H13BrOS. The summed E-state index contributed by atoms with van der Waals surface area (Å²) in [7, 11) is 0. The summed E-state index contributed by atoms with van der Waals surface area (Å²) >= 11 is 5.05. The van der Waals surface area contributed by atoms with Gasteiger partial charge >= 0.3 is 0 Å². The third-order valence-electron chi connectivity index (χ3n) is 2.01. The molecular weight excluding hydrogens is 260 g/mol. The molecule has 1 nitrogen and oxygen atoms in total. The lowest BCUT2D eigenvalue weighted by molar-refractivity contribution is -0.116. The highest BCUT2D eigenvalue weighted by Crippen LogP contribution is 2.27. The predicted molar refractivity (Wildman–Crippen MR) is 64.9 cm³/mol. The van der Waals surface area contributed by atoms with Gasteiger partial charge in [-0.25, -0.2) is 0 Å². The van der Waals surface area contributed by atoms with Gasteiger partial charge in [0.05, 0.1) is 5.25 Å². The van der Waals surface area contributed by atoms with Crippen molar-refractivity contribution in [1.82, 2.24) is 0 Å². The summed E-state index contributed by atoms with van der Waals surface area (Å²) < 4.78 is 1.11. The first kappa shape index (κ1) is 11.8. The van der Waals surface area contributed by atoms with Gasteiger partial charge in [-0.15, -0.1) is 11.8 Å². The second-order valence-corrected chi connectivity index (χ2v) is 5.55. The Morgan fingerprint density at radius 2 is 2.14 bits per heavy atom. The van der Waals surface area contributed by atoms with E-state index in [1.165, 1.54) is 5.56 Å². The Kier molecular flexibility index (Phi) is 4.20. The molecule has 0 fully saturated rings. The lowest BCUT2D eigenvalue weighted by Gasteiger charge is -2.08. The number of hydrogen-bond acceptors (Lipinski definition) is 2. The number of carbonyl (C=O) groups excluding carboxylic acids is 1. The van der Waals surface area contributed by atoms with Crippen LogP contribution in [0.15, 0.2) is 27.6 Å². The van der Waals surface area contributed by atoms with Crippen molar-refractivity contribution < 1.29 is 4.79 Å². The van der Waals surface area contributed by atoms with Crippen LogP contribution in [0.25, 0.3) is 0 Å². The summed E-state index contributed by atoms with van der Waals surface area (Å²) in [5, 5.41) is 0.0376. The average Bonchev–Trinajstić information content (AvgIpc) is 2.11. The van der Waals surface area contributed by atoms with E-state index in [1.807, 2.05) is 26.0 Å². The van der Waals surface area contributed by atoms with Crippen LogP contribution in [0.2, 0.25) is 0 Å². The molecule has 0 amide bonds. The zero-order valence-corrected chi connectivity index (χ0v) is 10.9. The summed E-state index contributed by atoms with van der Waals surface area (Å²) in [5.74, 6) is 0.218. The minimum Gasteiger partial charge on any atom is -0.299 e. The van der Waals surface area contributed by atoms with E-state index in [-0.39, 0.29) is 11.0 Å². The maximum atomic E-state index is 11.1. The van der Waals surface area contributed by atoms with E-state index in [0.29, 0.717) is 0 Å². The van der Waals surface area contributed by atoms with E-state index >= 15 is 0 Å². The van der Waals surface area contributed by atoms with Crippen molar-refractivity contribution in [2.24, 2.45) is 0 Å². The number of rotatable bonds is 3. The number of benzene rings is 1.